The van der Waals surface area contributed by atoms with Crippen molar-refractivity contribution in [1.29, 1.82) is 0 Å². The van der Waals surface area contributed by atoms with Gasteiger partial charge in [-0.05, 0) is 89.5 Å². The number of rotatable bonds is 14. The van der Waals surface area contributed by atoms with Crippen molar-refractivity contribution in [1.82, 2.24) is 16.1 Å². The summed E-state index contributed by atoms with van der Waals surface area (Å²) in [5, 5.41) is 19.9. The number of aliphatic hydroxyl groups excluding tert-OH is 1. The number of carbonyl (C=O) groups is 2. The highest BCUT2D eigenvalue weighted by molar-refractivity contribution is 14.1. The highest BCUT2D eigenvalue weighted by Gasteiger charge is 2.32. The second-order valence-corrected chi connectivity index (χ2v) is 11.0. The number of urea groups is 1. The summed E-state index contributed by atoms with van der Waals surface area (Å²) in [6, 6.07) is 13.4. The zero-order valence-electron chi connectivity index (χ0n) is 25.6. The van der Waals surface area contributed by atoms with Gasteiger partial charge in [-0.3, -0.25) is 5.43 Å². The van der Waals surface area contributed by atoms with E-state index in [1.807, 2.05) is 6.07 Å². The second-order valence-electron chi connectivity index (χ2n) is 9.86. The number of hydrogen-bond donors (Lipinski definition) is 4. The predicted molar refractivity (Wildman–Crippen MR) is 175 cm³/mol. The van der Waals surface area contributed by atoms with E-state index in [1.54, 1.807) is 50.2 Å². The molecule has 1 aliphatic heterocycles. The van der Waals surface area contributed by atoms with Gasteiger partial charge in [0.05, 0.1) is 42.2 Å². The van der Waals surface area contributed by atoms with Crippen LogP contribution in [-0.2, 0) is 16.1 Å². The molecule has 0 radical (unpaired) electrons. The van der Waals surface area contributed by atoms with Crippen molar-refractivity contribution >= 4 is 40.8 Å². The topological polar surface area (TPSA) is 149 Å². The number of nitrogens with zero attached hydrogens (tertiary/aromatic N) is 1. The molecule has 0 saturated carbocycles. The van der Waals surface area contributed by atoms with Crippen LogP contribution in [-0.4, -0.2) is 57.0 Å². The number of carbonyl (C=O) groups excluding carboxylic acids is 2. The van der Waals surface area contributed by atoms with Crippen molar-refractivity contribution in [2.75, 3.05) is 27.4 Å². The Morgan fingerprint density at radius 2 is 1.85 bits per heavy atom. The van der Waals surface area contributed by atoms with Gasteiger partial charge in [-0.15, -0.1) is 0 Å². The SMILES string of the molecule is CCOc1cc([C@@H]2NC(=O)NC(C)=C2C(=O)OC)ccc1OC[C@@H](O)N/N=C\c1cc(I)c(OCc2ccc(F)cc2)c(OC)c1. The predicted octanol–water partition coefficient (Wildman–Crippen LogP) is 4.54. The average molecular weight is 749 g/mol. The highest BCUT2D eigenvalue weighted by Crippen LogP contribution is 2.36. The van der Waals surface area contributed by atoms with Gasteiger partial charge in [-0.2, -0.15) is 5.10 Å². The molecule has 0 aliphatic carbocycles. The summed E-state index contributed by atoms with van der Waals surface area (Å²) in [5.41, 5.74) is 5.33. The van der Waals surface area contributed by atoms with Crippen LogP contribution in [0.3, 0.4) is 0 Å². The standard InChI is InChI=1S/C32H34FIN4O8/c1-5-44-25-14-21(29-28(31(40)43-4)18(2)36-32(41)37-29)8-11-24(25)45-17-27(39)38-35-15-20-12-23(34)30(26(13-20)42-3)46-16-19-6-9-22(33)10-7-19/h6-15,27,29,38-39H,5,16-17H2,1-4H3,(H2,36,37,41)/b35-15-/t27-,29+/m1/s1. The molecule has 0 unspecified atom stereocenters. The van der Waals surface area contributed by atoms with Crippen LogP contribution in [0.5, 0.6) is 23.0 Å². The van der Waals surface area contributed by atoms with Gasteiger partial charge >= 0.3 is 12.0 Å². The summed E-state index contributed by atoms with van der Waals surface area (Å²) in [6.45, 7) is 3.80. The van der Waals surface area contributed by atoms with E-state index in [0.717, 1.165) is 9.13 Å². The van der Waals surface area contributed by atoms with Crippen LogP contribution >= 0.6 is 22.6 Å². The molecule has 0 saturated heterocycles. The molecular weight excluding hydrogens is 714 g/mol. The lowest BCUT2D eigenvalue weighted by Crippen LogP contribution is -2.45. The number of ether oxygens (including phenoxy) is 5. The number of hydrazone groups is 1. The molecule has 2 amide bonds. The number of hydrogen-bond acceptors (Lipinski definition) is 10. The average Bonchev–Trinajstić information content (AvgIpc) is 3.03. The van der Waals surface area contributed by atoms with Crippen molar-refractivity contribution in [2.45, 2.75) is 32.7 Å². The number of methoxy groups -OCH3 is 2. The first-order chi connectivity index (χ1) is 22.1. The number of allylic oxidation sites excluding steroid dienone is 1. The zero-order valence-corrected chi connectivity index (χ0v) is 27.7. The molecule has 1 aliphatic rings. The third kappa shape index (κ3) is 8.78. The molecule has 0 bridgehead atoms. The van der Waals surface area contributed by atoms with Gasteiger partial charge in [0, 0.05) is 5.70 Å². The van der Waals surface area contributed by atoms with E-state index in [9.17, 15) is 19.1 Å². The van der Waals surface area contributed by atoms with Crippen molar-refractivity contribution in [2.24, 2.45) is 5.10 Å². The third-order valence-electron chi connectivity index (χ3n) is 6.66. The summed E-state index contributed by atoms with van der Waals surface area (Å²) in [4.78, 5) is 24.6. The van der Waals surface area contributed by atoms with Gasteiger partial charge in [-0.25, -0.2) is 14.0 Å². The normalized spacial score (nSPS) is 15.1. The minimum Gasteiger partial charge on any atom is -0.493 e. The molecule has 4 rings (SSSR count). The van der Waals surface area contributed by atoms with Crippen molar-refractivity contribution < 1.29 is 42.8 Å². The van der Waals surface area contributed by atoms with E-state index in [0.29, 0.717) is 46.4 Å². The molecule has 0 spiro atoms. The van der Waals surface area contributed by atoms with Crippen LogP contribution in [0.25, 0.3) is 0 Å². The Morgan fingerprint density at radius 3 is 2.54 bits per heavy atom. The molecule has 3 aromatic carbocycles. The van der Waals surface area contributed by atoms with Crippen LogP contribution in [0.4, 0.5) is 9.18 Å². The maximum Gasteiger partial charge on any atom is 0.337 e. The summed E-state index contributed by atoms with van der Waals surface area (Å²) in [5.74, 6) is 0.823. The quantitative estimate of drug-likeness (QED) is 0.0614. The fourth-order valence-electron chi connectivity index (χ4n) is 4.51. The highest BCUT2D eigenvalue weighted by atomic mass is 127. The van der Waals surface area contributed by atoms with E-state index < -0.39 is 24.3 Å². The molecule has 3 aromatic rings. The van der Waals surface area contributed by atoms with Crippen molar-refractivity contribution in [3.8, 4) is 23.0 Å². The van der Waals surface area contributed by atoms with E-state index in [-0.39, 0.29) is 24.6 Å². The lowest BCUT2D eigenvalue weighted by molar-refractivity contribution is -0.136. The number of halogens is 2. The molecule has 46 heavy (non-hydrogen) atoms. The maximum atomic E-state index is 13.2. The lowest BCUT2D eigenvalue weighted by atomic mass is 9.95. The molecule has 244 valence electrons. The summed E-state index contributed by atoms with van der Waals surface area (Å²) >= 11 is 2.12. The number of benzene rings is 3. The van der Waals surface area contributed by atoms with Gasteiger partial charge in [0.15, 0.2) is 29.2 Å². The second kappa shape index (κ2) is 16.1. The van der Waals surface area contributed by atoms with Crippen LogP contribution in [0.2, 0.25) is 0 Å². The number of aliphatic hydroxyl groups is 1. The molecule has 12 nitrogen and oxygen atoms in total. The third-order valence-corrected chi connectivity index (χ3v) is 7.46. The van der Waals surface area contributed by atoms with Gasteiger partial charge < -0.3 is 39.4 Å². The molecule has 2 atom stereocenters. The van der Waals surface area contributed by atoms with Crippen LogP contribution in [0.15, 0.2) is 71.0 Å². The van der Waals surface area contributed by atoms with Gasteiger partial charge in [0.2, 0.25) is 0 Å². The first kappa shape index (κ1) is 34.3. The lowest BCUT2D eigenvalue weighted by Gasteiger charge is -2.28. The van der Waals surface area contributed by atoms with Gasteiger partial charge in [0.1, 0.15) is 19.0 Å². The summed E-state index contributed by atoms with van der Waals surface area (Å²) in [6.07, 6.45) is 0.338. The van der Waals surface area contributed by atoms with E-state index in [2.05, 4.69) is 43.8 Å². The van der Waals surface area contributed by atoms with Crippen LogP contribution < -0.4 is 35.0 Å². The number of nitrogens with one attached hydrogen (secondary N) is 3. The largest absolute Gasteiger partial charge is 0.493 e. The van der Waals surface area contributed by atoms with E-state index in [4.69, 9.17) is 23.7 Å². The zero-order chi connectivity index (χ0) is 33.2. The maximum absolute atomic E-state index is 13.2. The number of amides is 2. The Balaban J connectivity index is 1.38. The fraction of sp³-hybridized carbons (Fsp3) is 0.281. The number of esters is 1. The summed E-state index contributed by atoms with van der Waals surface area (Å²) < 4.78 is 41.9. The van der Waals surface area contributed by atoms with Crippen molar-refractivity contribution in [3.05, 3.63) is 91.9 Å². The minimum absolute atomic E-state index is 0.176. The molecule has 14 heteroatoms. The molecule has 1 heterocycles. The molecule has 0 aromatic heterocycles. The van der Waals surface area contributed by atoms with Crippen molar-refractivity contribution in [3.63, 3.8) is 0 Å². The van der Waals surface area contributed by atoms with Gasteiger partial charge in [0.25, 0.3) is 0 Å². The molecule has 0 fully saturated rings. The Morgan fingerprint density at radius 1 is 1.09 bits per heavy atom. The van der Waals surface area contributed by atoms with Gasteiger partial charge in [-0.1, -0.05) is 18.2 Å². The summed E-state index contributed by atoms with van der Waals surface area (Å²) in [7, 11) is 2.79. The Bertz CT molecular complexity index is 1620. The first-order valence-electron chi connectivity index (χ1n) is 14.1. The van der Waals surface area contributed by atoms with Crippen LogP contribution in [0, 0.1) is 9.39 Å². The Hall–Kier alpha value is -4.57. The first-order valence-corrected chi connectivity index (χ1v) is 15.2. The Kier molecular flexibility index (Phi) is 12.0. The van der Waals surface area contributed by atoms with Crippen LogP contribution in [0.1, 0.15) is 36.6 Å². The monoisotopic (exact) mass is 748 g/mol. The smallest absolute Gasteiger partial charge is 0.337 e. The van der Waals surface area contributed by atoms with E-state index in [1.165, 1.54) is 32.6 Å². The Labute approximate surface area is 279 Å². The fourth-order valence-corrected chi connectivity index (χ4v) is 5.29. The van der Waals surface area contributed by atoms with E-state index >= 15 is 0 Å². The molecular formula is C32H34FIN4O8. The minimum atomic E-state index is -1.18. The molecule has 4 N–H and O–H groups in total.